The minimum absolute atomic E-state index is 0.120. The number of cyclic esters (lactones) is 1. The molecule has 2 aromatic rings. The van der Waals surface area contributed by atoms with E-state index in [0.717, 1.165) is 23.2 Å². The van der Waals surface area contributed by atoms with Gasteiger partial charge in [0.2, 0.25) is 0 Å². The van der Waals surface area contributed by atoms with Gasteiger partial charge in [-0.05, 0) is 42.7 Å². The molecule has 0 fully saturated rings. The molecule has 0 bridgehead atoms. The normalized spacial score (nSPS) is 14.0. The van der Waals surface area contributed by atoms with Crippen molar-refractivity contribution in [3.05, 3.63) is 64.5 Å². The zero-order valence-electron chi connectivity index (χ0n) is 15.4. The van der Waals surface area contributed by atoms with Crippen molar-refractivity contribution in [1.29, 1.82) is 0 Å². The van der Waals surface area contributed by atoms with Gasteiger partial charge in [-0.2, -0.15) is 0 Å². The Kier molecular flexibility index (Phi) is 5.51. The van der Waals surface area contributed by atoms with Crippen molar-refractivity contribution in [2.24, 2.45) is 0 Å². The van der Waals surface area contributed by atoms with Crippen LogP contribution in [0, 0.1) is 12.7 Å². The van der Waals surface area contributed by atoms with Crippen molar-refractivity contribution in [1.82, 2.24) is 0 Å². The van der Waals surface area contributed by atoms with Crippen LogP contribution < -0.4 is 4.90 Å². The second kappa shape index (κ2) is 7.68. The molecule has 0 unspecified atom stereocenters. The first-order valence-electron chi connectivity index (χ1n) is 8.80. The quantitative estimate of drug-likeness (QED) is 0.743. The third-order valence-electron chi connectivity index (χ3n) is 4.42. The van der Waals surface area contributed by atoms with Crippen molar-refractivity contribution in [2.75, 3.05) is 11.4 Å². The Bertz CT molecular complexity index is 972. The summed E-state index contributed by atoms with van der Waals surface area (Å²) in [4.78, 5) is 13.4. The molecular formula is C20H22FNO4S. The molecule has 0 saturated heterocycles. The SMILES string of the molecule is CCCN1C(=O)OCc2cc(CS(=O)(=O)Cc3ccc(C)cc3F)ccc21. The van der Waals surface area contributed by atoms with Crippen LogP contribution in [0.3, 0.4) is 0 Å². The molecule has 144 valence electrons. The number of fused-ring (bicyclic) bond motifs is 1. The standard InChI is InChI=1S/C20H22FNO4S/c1-3-8-22-19-7-5-15(10-17(19)11-26-20(22)23)12-27(24,25)13-16-6-4-14(2)9-18(16)21/h4-7,9-10H,3,8,11-13H2,1-2H3. The molecule has 0 radical (unpaired) electrons. The Labute approximate surface area is 158 Å². The molecule has 0 saturated carbocycles. The van der Waals surface area contributed by atoms with E-state index < -0.39 is 15.7 Å². The molecule has 1 amide bonds. The lowest BCUT2D eigenvalue weighted by Crippen LogP contribution is -2.36. The van der Waals surface area contributed by atoms with Gasteiger partial charge in [-0.3, -0.25) is 4.90 Å². The van der Waals surface area contributed by atoms with Gasteiger partial charge < -0.3 is 4.74 Å². The number of rotatable bonds is 6. The van der Waals surface area contributed by atoms with Crippen LogP contribution in [0.2, 0.25) is 0 Å². The largest absolute Gasteiger partial charge is 0.444 e. The van der Waals surface area contributed by atoms with Gasteiger partial charge in [0.1, 0.15) is 12.4 Å². The number of ether oxygens (including phenoxy) is 1. The van der Waals surface area contributed by atoms with Crippen LogP contribution in [0.25, 0.3) is 0 Å². The maximum Gasteiger partial charge on any atom is 0.414 e. The molecule has 0 spiro atoms. The van der Waals surface area contributed by atoms with Crippen LogP contribution in [-0.4, -0.2) is 21.1 Å². The zero-order valence-corrected chi connectivity index (χ0v) is 16.2. The molecule has 27 heavy (non-hydrogen) atoms. The van der Waals surface area contributed by atoms with Crippen LogP contribution >= 0.6 is 0 Å². The highest BCUT2D eigenvalue weighted by Crippen LogP contribution is 2.29. The zero-order chi connectivity index (χ0) is 19.6. The summed E-state index contributed by atoms with van der Waals surface area (Å²) in [6.07, 6.45) is 0.395. The predicted molar refractivity (Wildman–Crippen MR) is 102 cm³/mol. The van der Waals surface area contributed by atoms with Gasteiger partial charge in [0.05, 0.1) is 17.2 Å². The van der Waals surface area contributed by atoms with Gasteiger partial charge in [-0.1, -0.05) is 25.1 Å². The van der Waals surface area contributed by atoms with Crippen LogP contribution in [-0.2, 0) is 32.7 Å². The number of hydrogen-bond donors (Lipinski definition) is 0. The summed E-state index contributed by atoms with van der Waals surface area (Å²) in [7, 11) is -3.55. The fraction of sp³-hybridized carbons (Fsp3) is 0.350. The van der Waals surface area contributed by atoms with Gasteiger partial charge in [0.15, 0.2) is 9.84 Å². The Morgan fingerprint density at radius 3 is 2.63 bits per heavy atom. The summed E-state index contributed by atoms with van der Waals surface area (Å²) in [5.74, 6) is -1.06. The molecule has 2 aromatic carbocycles. The highest BCUT2D eigenvalue weighted by Gasteiger charge is 2.25. The van der Waals surface area contributed by atoms with Crippen LogP contribution in [0.5, 0.6) is 0 Å². The van der Waals surface area contributed by atoms with E-state index in [1.54, 1.807) is 36.1 Å². The number of anilines is 1. The molecule has 0 aliphatic carbocycles. The number of halogens is 1. The average Bonchev–Trinajstić information content (AvgIpc) is 2.59. The van der Waals surface area contributed by atoms with E-state index in [-0.39, 0.29) is 29.8 Å². The molecule has 0 aromatic heterocycles. The minimum Gasteiger partial charge on any atom is -0.444 e. The Hall–Kier alpha value is -2.41. The molecule has 1 aliphatic rings. The highest BCUT2D eigenvalue weighted by atomic mass is 32.2. The number of benzene rings is 2. The molecule has 3 rings (SSSR count). The first-order valence-corrected chi connectivity index (χ1v) is 10.6. The van der Waals surface area contributed by atoms with E-state index >= 15 is 0 Å². The smallest absolute Gasteiger partial charge is 0.414 e. The number of carbonyl (C=O) groups excluding carboxylic acids is 1. The fourth-order valence-corrected chi connectivity index (χ4v) is 4.67. The Balaban J connectivity index is 1.80. The third-order valence-corrected chi connectivity index (χ3v) is 5.95. The number of hydrogen-bond acceptors (Lipinski definition) is 4. The lowest BCUT2D eigenvalue weighted by molar-refractivity contribution is 0.142. The first kappa shape index (κ1) is 19.4. The van der Waals surface area contributed by atoms with Crippen LogP contribution in [0.4, 0.5) is 14.9 Å². The summed E-state index contributed by atoms with van der Waals surface area (Å²) in [5.41, 5.74) is 3.03. The van der Waals surface area contributed by atoms with Crippen LogP contribution in [0.1, 0.15) is 35.6 Å². The monoisotopic (exact) mass is 391 g/mol. The second-order valence-electron chi connectivity index (χ2n) is 6.80. The number of nitrogens with zero attached hydrogens (tertiary/aromatic N) is 1. The van der Waals surface area contributed by atoms with E-state index in [0.29, 0.717) is 12.1 Å². The van der Waals surface area contributed by atoms with Crippen molar-refractivity contribution < 1.29 is 22.3 Å². The van der Waals surface area contributed by atoms with Crippen molar-refractivity contribution in [2.45, 2.75) is 38.4 Å². The van der Waals surface area contributed by atoms with E-state index in [9.17, 15) is 17.6 Å². The van der Waals surface area contributed by atoms with Gasteiger partial charge in [0, 0.05) is 17.7 Å². The molecule has 7 heteroatoms. The van der Waals surface area contributed by atoms with E-state index in [2.05, 4.69) is 0 Å². The number of aryl methyl sites for hydroxylation is 1. The topological polar surface area (TPSA) is 63.7 Å². The average molecular weight is 391 g/mol. The summed E-state index contributed by atoms with van der Waals surface area (Å²) in [6, 6.07) is 9.74. The molecule has 0 N–H and O–H groups in total. The maximum absolute atomic E-state index is 14.0. The molecule has 0 atom stereocenters. The van der Waals surface area contributed by atoms with Gasteiger partial charge in [-0.15, -0.1) is 0 Å². The Morgan fingerprint density at radius 1 is 1.15 bits per heavy atom. The van der Waals surface area contributed by atoms with Crippen molar-refractivity contribution >= 4 is 21.6 Å². The molecule has 1 heterocycles. The van der Waals surface area contributed by atoms with Crippen molar-refractivity contribution in [3.8, 4) is 0 Å². The fourth-order valence-electron chi connectivity index (χ4n) is 3.17. The third kappa shape index (κ3) is 4.47. The molecular weight excluding hydrogens is 369 g/mol. The second-order valence-corrected chi connectivity index (χ2v) is 8.86. The van der Waals surface area contributed by atoms with Gasteiger partial charge in [-0.25, -0.2) is 17.6 Å². The first-order chi connectivity index (χ1) is 12.8. The number of sulfone groups is 1. The Morgan fingerprint density at radius 2 is 1.93 bits per heavy atom. The molecule has 1 aliphatic heterocycles. The molecule has 5 nitrogen and oxygen atoms in total. The number of carbonyl (C=O) groups is 1. The van der Waals surface area contributed by atoms with Gasteiger partial charge >= 0.3 is 6.09 Å². The predicted octanol–water partition coefficient (Wildman–Crippen LogP) is 4.12. The van der Waals surface area contributed by atoms with E-state index in [1.165, 1.54) is 12.1 Å². The van der Waals surface area contributed by atoms with Gasteiger partial charge in [0.25, 0.3) is 0 Å². The van der Waals surface area contributed by atoms with Crippen LogP contribution in [0.15, 0.2) is 36.4 Å². The maximum atomic E-state index is 14.0. The van der Waals surface area contributed by atoms with E-state index in [1.807, 2.05) is 6.92 Å². The lowest BCUT2D eigenvalue weighted by Gasteiger charge is -2.29. The van der Waals surface area contributed by atoms with E-state index in [4.69, 9.17) is 4.74 Å². The summed E-state index contributed by atoms with van der Waals surface area (Å²) in [5, 5.41) is 0. The van der Waals surface area contributed by atoms with Crippen molar-refractivity contribution in [3.63, 3.8) is 0 Å². The minimum atomic E-state index is -3.55. The number of amides is 1. The summed E-state index contributed by atoms with van der Waals surface area (Å²) in [6.45, 7) is 4.38. The summed E-state index contributed by atoms with van der Waals surface area (Å²) < 4.78 is 44.2. The lowest BCUT2D eigenvalue weighted by atomic mass is 10.1. The summed E-state index contributed by atoms with van der Waals surface area (Å²) >= 11 is 0. The highest BCUT2D eigenvalue weighted by molar-refractivity contribution is 7.89.